The van der Waals surface area contributed by atoms with Crippen molar-refractivity contribution in [1.82, 2.24) is 4.98 Å². The highest BCUT2D eigenvalue weighted by Crippen LogP contribution is 2.45. The average molecular weight is 348 g/mol. The van der Waals surface area contributed by atoms with E-state index in [2.05, 4.69) is 78.7 Å². The molecule has 2 aromatic carbocycles. The van der Waals surface area contributed by atoms with Crippen LogP contribution in [0.4, 0.5) is 5.69 Å². The molecule has 0 aliphatic heterocycles. The molecule has 1 saturated carbocycles. The van der Waals surface area contributed by atoms with Crippen molar-refractivity contribution < 1.29 is 5.11 Å². The number of hydrogen-bond donors (Lipinski definition) is 2. The number of nitrogens with one attached hydrogen (secondary N) is 1. The molecule has 1 aliphatic rings. The molecule has 3 nitrogen and oxygen atoms in total. The van der Waals surface area contributed by atoms with Gasteiger partial charge in [-0.2, -0.15) is 0 Å². The van der Waals surface area contributed by atoms with Crippen molar-refractivity contribution in [3.63, 3.8) is 0 Å². The van der Waals surface area contributed by atoms with E-state index in [0.717, 1.165) is 31.2 Å². The quantitative estimate of drug-likeness (QED) is 0.692. The summed E-state index contributed by atoms with van der Waals surface area (Å²) in [5.74, 6) is -0.00448. The van der Waals surface area contributed by atoms with E-state index in [-0.39, 0.29) is 5.92 Å². The SMILES string of the molecule is CN(C)c1ccc(C(c2c[nH]c3ccccc23)C2(O)CCCCC2)cc1. The lowest BCUT2D eigenvalue weighted by Gasteiger charge is -2.40. The van der Waals surface area contributed by atoms with E-state index < -0.39 is 5.60 Å². The monoisotopic (exact) mass is 348 g/mol. The van der Waals surface area contributed by atoms with Gasteiger partial charge in [0, 0.05) is 42.8 Å². The third kappa shape index (κ3) is 3.01. The second-order valence-corrected chi connectivity index (χ2v) is 7.87. The zero-order valence-electron chi connectivity index (χ0n) is 15.7. The zero-order chi connectivity index (χ0) is 18.1. The molecule has 0 amide bonds. The van der Waals surface area contributed by atoms with E-state index >= 15 is 0 Å². The van der Waals surface area contributed by atoms with E-state index in [1.165, 1.54) is 28.6 Å². The lowest BCUT2D eigenvalue weighted by molar-refractivity contribution is -0.0107. The predicted octanol–water partition coefficient (Wildman–Crippen LogP) is 5.06. The number of nitrogens with zero attached hydrogens (tertiary/aromatic N) is 1. The van der Waals surface area contributed by atoms with Crippen LogP contribution >= 0.6 is 0 Å². The summed E-state index contributed by atoms with van der Waals surface area (Å²) in [7, 11) is 4.11. The smallest absolute Gasteiger partial charge is 0.0757 e. The minimum Gasteiger partial charge on any atom is -0.389 e. The fourth-order valence-electron chi connectivity index (χ4n) is 4.53. The molecule has 1 unspecified atom stereocenters. The van der Waals surface area contributed by atoms with Crippen LogP contribution in [0.1, 0.15) is 49.1 Å². The number of hydrogen-bond acceptors (Lipinski definition) is 2. The van der Waals surface area contributed by atoms with Gasteiger partial charge in [-0.1, -0.05) is 49.6 Å². The van der Waals surface area contributed by atoms with Gasteiger partial charge >= 0.3 is 0 Å². The van der Waals surface area contributed by atoms with Gasteiger partial charge in [-0.05, 0) is 42.2 Å². The van der Waals surface area contributed by atoms with Crippen LogP contribution in [-0.2, 0) is 0 Å². The van der Waals surface area contributed by atoms with E-state index in [4.69, 9.17) is 0 Å². The average Bonchev–Trinajstić information content (AvgIpc) is 3.07. The van der Waals surface area contributed by atoms with Crippen molar-refractivity contribution in [3.05, 3.63) is 65.9 Å². The highest BCUT2D eigenvalue weighted by Gasteiger charge is 2.40. The lowest BCUT2D eigenvalue weighted by Crippen LogP contribution is -2.39. The molecule has 0 spiro atoms. The van der Waals surface area contributed by atoms with Crippen LogP contribution in [0.25, 0.3) is 10.9 Å². The Hall–Kier alpha value is -2.26. The number of benzene rings is 2. The molecule has 3 aromatic rings. The Morgan fingerprint density at radius 1 is 0.962 bits per heavy atom. The van der Waals surface area contributed by atoms with Gasteiger partial charge in [0.15, 0.2) is 0 Å². The first-order valence-electron chi connectivity index (χ1n) is 9.64. The van der Waals surface area contributed by atoms with Crippen LogP contribution in [0.3, 0.4) is 0 Å². The summed E-state index contributed by atoms with van der Waals surface area (Å²) in [6.07, 6.45) is 7.26. The zero-order valence-corrected chi connectivity index (χ0v) is 15.7. The van der Waals surface area contributed by atoms with E-state index in [9.17, 15) is 5.11 Å². The molecule has 0 saturated heterocycles. The van der Waals surface area contributed by atoms with Gasteiger partial charge in [-0.15, -0.1) is 0 Å². The van der Waals surface area contributed by atoms with Gasteiger partial charge in [0.25, 0.3) is 0 Å². The van der Waals surface area contributed by atoms with Crippen molar-refractivity contribution in [2.75, 3.05) is 19.0 Å². The second-order valence-electron chi connectivity index (χ2n) is 7.87. The number of aliphatic hydroxyl groups is 1. The molecule has 1 aromatic heterocycles. The van der Waals surface area contributed by atoms with Crippen LogP contribution in [0, 0.1) is 0 Å². The summed E-state index contributed by atoms with van der Waals surface area (Å²) >= 11 is 0. The minimum absolute atomic E-state index is 0.00448. The lowest BCUT2D eigenvalue weighted by atomic mass is 9.70. The molecule has 1 heterocycles. The van der Waals surface area contributed by atoms with Crippen molar-refractivity contribution >= 4 is 16.6 Å². The number of fused-ring (bicyclic) bond motifs is 1. The molecule has 0 bridgehead atoms. The molecule has 2 N–H and O–H groups in total. The molecule has 3 heteroatoms. The third-order valence-electron chi connectivity index (χ3n) is 5.93. The van der Waals surface area contributed by atoms with Crippen molar-refractivity contribution in [1.29, 1.82) is 0 Å². The highest BCUT2D eigenvalue weighted by molar-refractivity contribution is 5.84. The Labute approximate surface area is 155 Å². The summed E-state index contributed by atoms with van der Waals surface area (Å²) in [4.78, 5) is 5.52. The Morgan fingerprint density at radius 3 is 2.35 bits per heavy atom. The van der Waals surface area contributed by atoms with E-state index in [1.54, 1.807) is 0 Å². The van der Waals surface area contributed by atoms with Gasteiger partial charge in [-0.25, -0.2) is 0 Å². The molecular weight excluding hydrogens is 320 g/mol. The number of anilines is 1. The summed E-state index contributed by atoms with van der Waals surface area (Å²) in [6.45, 7) is 0. The van der Waals surface area contributed by atoms with Crippen LogP contribution < -0.4 is 4.90 Å². The van der Waals surface area contributed by atoms with Crippen molar-refractivity contribution in [3.8, 4) is 0 Å². The maximum absolute atomic E-state index is 11.7. The Balaban J connectivity index is 1.84. The largest absolute Gasteiger partial charge is 0.389 e. The van der Waals surface area contributed by atoms with Crippen LogP contribution in [0.15, 0.2) is 54.7 Å². The maximum atomic E-state index is 11.7. The number of aromatic amines is 1. The van der Waals surface area contributed by atoms with Gasteiger partial charge in [0.2, 0.25) is 0 Å². The fraction of sp³-hybridized carbons (Fsp3) is 0.391. The summed E-state index contributed by atoms with van der Waals surface area (Å²) < 4.78 is 0. The molecular formula is C23H28N2O. The normalized spacial score (nSPS) is 18.0. The Morgan fingerprint density at radius 2 is 1.65 bits per heavy atom. The summed E-state index contributed by atoms with van der Waals surface area (Å²) in [5.41, 5.74) is 4.05. The fourth-order valence-corrected chi connectivity index (χ4v) is 4.53. The molecule has 26 heavy (non-hydrogen) atoms. The molecule has 4 rings (SSSR count). The summed E-state index contributed by atoms with van der Waals surface area (Å²) in [6, 6.07) is 17.1. The number of H-pyrrole nitrogens is 1. The van der Waals surface area contributed by atoms with Crippen LogP contribution in [0.5, 0.6) is 0 Å². The first kappa shape index (κ1) is 17.2. The Kier molecular flexibility index (Phi) is 4.49. The van der Waals surface area contributed by atoms with Gasteiger partial charge in [0.05, 0.1) is 5.60 Å². The van der Waals surface area contributed by atoms with Crippen molar-refractivity contribution in [2.45, 2.75) is 43.6 Å². The highest BCUT2D eigenvalue weighted by atomic mass is 16.3. The second kappa shape index (κ2) is 6.81. The number of aromatic nitrogens is 1. The van der Waals surface area contributed by atoms with Gasteiger partial charge < -0.3 is 15.0 Å². The molecule has 1 fully saturated rings. The molecule has 1 aliphatic carbocycles. The first-order valence-corrected chi connectivity index (χ1v) is 9.64. The van der Waals surface area contributed by atoms with Gasteiger partial charge in [-0.3, -0.25) is 0 Å². The number of para-hydroxylation sites is 1. The van der Waals surface area contributed by atoms with E-state index in [0.29, 0.717) is 0 Å². The first-order chi connectivity index (χ1) is 12.6. The third-order valence-corrected chi connectivity index (χ3v) is 5.93. The maximum Gasteiger partial charge on any atom is 0.0757 e. The number of rotatable bonds is 4. The van der Waals surface area contributed by atoms with Gasteiger partial charge in [0.1, 0.15) is 0 Å². The topological polar surface area (TPSA) is 39.3 Å². The standard InChI is InChI=1S/C23H28N2O/c1-25(2)18-12-10-17(11-13-18)22(23(26)14-6-3-7-15-23)20-16-24-21-9-5-4-8-19(20)21/h4-5,8-13,16,22,24,26H,3,6-7,14-15H2,1-2H3. The minimum atomic E-state index is -0.678. The molecule has 136 valence electrons. The van der Waals surface area contributed by atoms with Crippen molar-refractivity contribution in [2.24, 2.45) is 0 Å². The van der Waals surface area contributed by atoms with E-state index in [1.807, 2.05) is 0 Å². The molecule has 0 radical (unpaired) electrons. The predicted molar refractivity (Wildman–Crippen MR) is 109 cm³/mol. The van der Waals surface area contributed by atoms with Crippen LogP contribution in [0.2, 0.25) is 0 Å². The summed E-state index contributed by atoms with van der Waals surface area (Å²) in [5, 5.41) is 12.9. The Bertz CT molecular complexity index is 873. The van der Waals surface area contributed by atoms with Crippen LogP contribution in [-0.4, -0.2) is 29.8 Å². The molecule has 1 atom stereocenters.